The lowest BCUT2D eigenvalue weighted by Crippen LogP contribution is -2.52. The van der Waals surface area contributed by atoms with Crippen LogP contribution in [0.3, 0.4) is 0 Å². The van der Waals surface area contributed by atoms with E-state index in [0.717, 1.165) is 22.6 Å². The molecule has 1 fully saturated rings. The zero-order chi connectivity index (χ0) is 36.5. The Morgan fingerprint density at radius 2 is 1.85 bits per heavy atom. The van der Waals surface area contributed by atoms with Crippen LogP contribution >= 0.6 is 0 Å². The third-order valence-electron chi connectivity index (χ3n) is 9.68. The van der Waals surface area contributed by atoms with Gasteiger partial charge in [0.2, 0.25) is 23.5 Å². The number of carbonyl (C=O) groups excluding carboxylic acids is 6. The van der Waals surface area contributed by atoms with Gasteiger partial charge in [0.1, 0.15) is 23.3 Å². The number of pyridine rings is 2. The van der Waals surface area contributed by atoms with E-state index < -0.39 is 11.9 Å². The van der Waals surface area contributed by atoms with Crippen LogP contribution < -0.4 is 10.6 Å². The normalized spacial score (nSPS) is 16.9. The van der Waals surface area contributed by atoms with Crippen LogP contribution in [0.15, 0.2) is 60.9 Å². The Morgan fingerprint density at radius 1 is 1.00 bits per heavy atom. The quantitative estimate of drug-likeness (QED) is 0.196. The topological polar surface area (TPSA) is 177 Å². The van der Waals surface area contributed by atoms with E-state index in [1.54, 1.807) is 53.6 Å². The summed E-state index contributed by atoms with van der Waals surface area (Å²) in [6.45, 7) is 5.48. The highest BCUT2D eigenvalue weighted by molar-refractivity contribution is 6.08. The van der Waals surface area contributed by atoms with Crippen LogP contribution in [0.25, 0.3) is 17.3 Å². The van der Waals surface area contributed by atoms with Crippen LogP contribution in [0.5, 0.6) is 0 Å². The molecule has 2 N–H and O–H groups in total. The first-order valence-electron chi connectivity index (χ1n) is 17.1. The number of fused-ring (bicyclic) bond motifs is 2. The van der Waals surface area contributed by atoms with Crippen molar-refractivity contribution < 1.29 is 28.8 Å². The maximum absolute atomic E-state index is 13.5. The van der Waals surface area contributed by atoms with Crippen molar-refractivity contribution in [1.82, 2.24) is 40.0 Å². The van der Waals surface area contributed by atoms with Crippen molar-refractivity contribution in [3.05, 3.63) is 106 Å². The third kappa shape index (κ3) is 6.50. The smallest absolute Gasteiger partial charge is 0.270 e. The fourth-order valence-corrected chi connectivity index (χ4v) is 6.87. The van der Waals surface area contributed by atoms with E-state index in [1.807, 2.05) is 23.6 Å². The number of imidazole rings is 1. The van der Waals surface area contributed by atoms with Gasteiger partial charge in [-0.05, 0) is 47.9 Å². The molecule has 264 valence electrons. The van der Waals surface area contributed by atoms with Crippen LogP contribution in [0.2, 0.25) is 0 Å². The Bertz CT molecular complexity index is 2150. The second kappa shape index (κ2) is 14.1. The number of imide groups is 1. The summed E-state index contributed by atoms with van der Waals surface area (Å²) in [4.78, 5) is 92.1. The van der Waals surface area contributed by atoms with Crippen LogP contribution in [-0.2, 0) is 40.4 Å². The van der Waals surface area contributed by atoms with Gasteiger partial charge in [-0.3, -0.25) is 44.1 Å². The standard InChI is InChI=1S/C38H36N8O6/c1-3-32-42-34(31-21-44(22(2)47)16-17-45(31)32)35(49)25-10-11-28(40-19-25)24-9-12-29(41-18-24)36(50)39-15-5-7-23-6-4-8-26-27(23)20-46(38(26)52)30-13-14-33(48)43-37(30)51/h4-12,18-19,30H,3,13-17,20-21H2,1-2H3,(H,39,50)(H,43,48,51)/b7-5+. The molecule has 14 heteroatoms. The van der Waals surface area contributed by atoms with Gasteiger partial charge in [0.05, 0.1) is 17.9 Å². The minimum absolute atomic E-state index is 0.0443. The molecular formula is C38H36N8O6. The van der Waals surface area contributed by atoms with E-state index >= 15 is 0 Å². The largest absolute Gasteiger partial charge is 0.347 e. The zero-order valence-corrected chi connectivity index (χ0v) is 28.7. The van der Waals surface area contributed by atoms with Gasteiger partial charge in [0, 0.05) is 75.0 Å². The molecule has 1 unspecified atom stereocenters. The van der Waals surface area contributed by atoms with E-state index in [-0.39, 0.29) is 54.6 Å². The number of hydrogen-bond acceptors (Lipinski definition) is 9. The van der Waals surface area contributed by atoms with Crippen molar-refractivity contribution in [3.8, 4) is 11.3 Å². The van der Waals surface area contributed by atoms with E-state index in [0.29, 0.717) is 60.6 Å². The minimum atomic E-state index is -0.693. The van der Waals surface area contributed by atoms with E-state index in [9.17, 15) is 28.8 Å². The zero-order valence-electron chi connectivity index (χ0n) is 28.7. The highest BCUT2D eigenvalue weighted by atomic mass is 16.2. The Morgan fingerprint density at radius 3 is 2.56 bits per heavy atom. The summed E-state index contributed by atoms with van der Waals surface area (Å²) in [5, 5.41) is 5.13. The highest BCUT2D eigenvalue weighted by Gasteiger charge is 2.39. The molecule has 1 atom stereocenters. The second-order valence-corrected chi connectivity index (χ2v) is 12.8. The summed E-state index contributed by atoms with van der Waals surface area (Å²) in [5.74, 6) is -0.902. The number of benzene rings is 1. The number of ketones is 1. The number of aromatic nitrogens is 4. The van der Waals surface area contributed by atoms with Crippen molar-refractivity contribution in [2.24, 2.45) is 0 Å². The monoisotopic (exact) mass is 700 g/mol. The number of rotatable bonds is 9. The molecular weight excluding hydrogens is 664 g/mol. The summed E-state index contributed by atoms with van der Waals surface area (Å²) in [5.41, 5.74) is 5.01. The van der Waals surface area contributed by atoms with Crippen molar-refractivity contribution in [2.45, 2.75) is 58.8 Å². The number of nitrogens with zero attached hydrogens (tertiary/aromatic N) is 6. The Labute approximate surface area is 298 Å². The molecule has 0 bridgehead atoms. The maximum atomic E-state index is 13.5. The summed E-state index contributed by atoms with van der Waals surface area (Å²) >= 11 is 0. The number of piperidine rings is 1. The van der Waals surface area contributed by atoms with Crippen molar-refractivity contribution in [2.75, 3.05) is 13.1 Å². The van der Waals surface area contributed by atoms with Gasteiger partial charge in [0.15, 0.2) is 0 Å². The van der Waals surface area contributed by atoms with Gasteiger partial charge in [-0.25, -0.2) is 4.98 Å². The Balaban J connectivity index is 0.960. The first kappa shape index (κ1) is 34.2. The number of carbonyl (C=O) groups is 6. The van der Waals surface area contributed by atoms with Crippen LogP contribution in [-0.4, -0.2) is 83.8 Å². The number of hydrogen-bond donors (Lipinski definition) is 2. The lowest BCUT2D eigenvalue weighted by atomic mass is 10.0. The number of aryl methyl sites for hydroxylation is 1. The Kier molecular flexibility index (Phi) is 9.28. The van der Waals surface area contributed by atoms with Gasteiger partial charge in [-0.15, -0.1) is 0 Å². The Hall–Kier alpha value is -6.31. The van der Waals surface area contributed by atoms with E-state index in [2.05, 4.69) is 25.6 Å². The molecule has 1 saturated heterocycles. The average Bonchev–Trinajstić information content (AvgIpc) is 3.70. The lowest BCUT2D eigenvalue weighted by molar-refractivity contribution is -0.137. The van der Waals surface area contributed by atoms with Gasteiger partial charge >= 0.3 is 0 Å². The van der Waals surface area contributed by atoms with E-state index in [4.69, 9.17) is 0 Å². The molecule has 3 aliphatic rings. The fraction of sp³-hybridized carbons (Fsp3) is 0.289. The van der Waals surface area contributed by atoms with Crippen molar-refractivity contribution in [3.63, 3.8) is 0 Å². The first-order valence-corrected chi connectivity index (χ1v) is 17.1. The van der Waals surface area contributed by atoms with Crippen LogP contribution in [0.4, 0.5) is 0 Å². The molecule has 14 nitrogen and oxygen atoms in total. The molecule has 3 aliphatic heterocycles. The van der Waals surface area contributed by atoms with Crippen LogP contribution in [0, 0.1) is 0 Å². The molecule has 0 radical (unpaired) electrons. The molecule has 52 heavy (non-hydrogen) atoms. The molecule has 5 amide bonds. The molecule has 0 spiro atoms. The van der Waals surface area contributed by atoms with Crippen LogP contribution in [0.1, 0.15) is 86.2 Å². The molecule has 3 aromatic heterocycles. The van der Waals surface area contributed by atoms with Gasteiger partial charge in [0.25, 0.3) is 11.8 Å². The molecule has 0 saturated carbocycles. The van der Waals surface area contributed by atoms with Gasteiger partial charge in [-0.1, -0.05) is 31.2 Å². The number of nitrogens with one attached hydrogen (secondary N) is 2. The summed E-state index contributed by atoms with van der Waals surface area (Å²) in [7, 11) is 0. The molecule has 1 aromatic carbocycles. The first-order chi connectivity index (χ1) is 25.1. The van der Waals surface area contributed by atoms with Crippen molar-refractivity contribution in [1.29, 1.82) is 0 Å². The van der Waals surface area contributed by atoms with E-state index in [1.165, 1.54) is 18.0 Å². The number of amides is 5. The van der Waals surface area contributed by atoms with Crippen molar-refractivity contribution >= 4 is 41.4 Å². The predicted octanol–water partition coefficient (Wildman–Crippen LogP) is 2.70. The summed E-state index contributed by atoms with van der Waals surface area (Å²) in [6.07, 6.45) is 7.78. The second-order valence-electron chi connectivity index (χ2n) is 12.8. The van der Waals surface area contributed by atoms with Gasteiger partial charge < -0.3 is 19.7 Å². The molecule has 7 rings (SSSR count). The molecule has 4 aromatic rings. The summed E-state index contributed by atoms with van der Waals surface area (Å²) < 4.78 is 2.03. The maximum Gasteiger partial charge on any atom is 0.270 e. The molecule has 6 heterocycles. The predicted molar refractivity (Wildman–Crippen MR) is 187 cm³/mol. The summed E-state index contributed by atoms with van der Waals surface area (Å²) in [6, 6.07) is 11.4. The van der Waals surface area contributed by atoms with Gasteiger partial charge in [-0.2, -0.15) is 0 Å². The third-order valence-corrected chi connectivity index (χ3v) is 9.68. The lowest BCUT2D eigenvalue weighted by Gasteiger charge is -2.29. The molecule has 0 aliphatic carbocycles. The SMILES string of the molecule is CCc1nc(C(=O)c2ccc(-c3ccc(C(=O)NC/C=C/c4cccc5c4CN(C4CCC(=O)NC4=O)C5=O)nc3)nc2)c2n1CCN(C(C)=O)C2. The average molecular weight is 701 g/mol. The fourth-order valence-electron chi connectivity index (χ4n) is 6.87. The minimum Gasteiger partial charge on any atom is -0.347 e. The highest BCUT2D eigenvalue weighted by Crippen LogP contribution is 2.30.